The van der Waals surface area contributed by atoms with Crippen molar-refractivity contribution in [1.82, 2.24) is 19.1 Å². The van der Waals surface area contributed by atoms with E-state index in [1.54, 1.807) is 0 Å². The highest BCUT2D eigenvalue weighted by atomic mass is 16.3. The van der Waals surface area contributed by atoms with E-state index in [0.29, 0.717) is 5.95 Å². The van der Waals surface area contributed by atoms with Crippen LogP contribution in [-0.2, 0) is 0 Å². The molecule has 0 atom stereocenters. The zero-order chi connectivity index (χ0) is 32.1. The fourth-order valence-corrected chi connectivity index (χ4v) is 7.88. The van der Waals surface area contributed by atoms with Gasteiger partial charge in [0.05, 0.1) is 38.7 Å². The summed E-state index contributed by atoms with van der Waals surface area (Å²) in [5, 5.41) is 7.76. The van der Waals surface area contributed by atoms with Crippen molar-refractivity contribution in [2.24, 2.45) is 0 Å². The lowest BCUT2D eigenvalue weighted by Crippen LogP contribution is -2.03. The Morgan fingerprint density at radius 3 is 1.88 bits per heavy atom. The average Bonchev–Trinajstić information content (AvgIpc) is 3.82. The molecule has 228 valence electrons. The third kappa shape index (κ3) is 3.64. The largest absolute Gasteiger partial charge is 0.455 e. The first-order chi connectivity index (χ1) is 24.3. The number of furan rings is 1. The first kappa shape index (κ1) is 26.4. The Morgan fingerprint density at radius 2 is 1.04 bits per heavy atom. The van der Waals surface area contributed by atoms with Gasteiger partial charge >= 0.3 is 0 Å². The summed E-state index contributed by atoms with van der Waals surface area (Å²) in [7, 11) is 0. The lowest BCUT2D eigenvalue weighted by molar-refractivity contribution is 0.673. The van der Waals surface area contributed by atoms with Crippen LogP contribution >= 0.6 is 0 Å². The quantitative estimate of drug-likeness (QED) is 0.196. The number of aromatic nitrogens is 4. The third-order valence-electron chi connectivity index (χ3n) is 9.93. The Balaban J connectivity index is 1.36. The van der Waals surface area contributed by atoms with E-state index < -0.39 is 0 Å². The molecule has 0 saturated carbocycles. The molecule has 0 saturated heterocycles. The fourth-order valence-electron chi connectivity index (χ4n) is 7.88. The summed E-state index contributed by atoms with van der Waals surface area (Å²) in [6, 6.07) is 55.1. The van der Waals surface area contributed by atoms with Crippen molar-refractivity contribution in [1.29, 1.82) is 0 Å². The van der Waals surface area contributed by atoms with Crippen molar-refractivity contribution in [3.8, 4) is 22.9 Å². The van der Waals surface area contributed by atoms with E-state index in [4.69, 9.17) is 14.4 Å². The van der Waals surface area contributed by atoms with Gasteiger partial charge in [-0.25, -0.2) is 9.97 Å². The summed E-state index contributed by atoms with van der Waals surface area (Å²) in [4.78, 5) is 10.6. The minimum Gasteiger partial charge on any atom is -0.455 e. The van der Waals surface area contributed by atoms with Gasteiger partial charge in [-0.05, 0) is 54.6 Å². The molecule has 11 rings (SSSR count). The van der Waals surface area contributed by atoms with Crippen molar-refractivity contribution in [3.63, 3.8) is 0 Å². The molecule has 0 N–H and O–H groups in total. The highest BCUT2D eigenvalue weighted by molar-refractivity contribution is 6.33. The van der Waals surface area contributed by atoms with Crippen LogP contribution in [0.25, 0.3) is 99.3 Å². The second-order valence-electron chi connectivity index (χ2n) is 12.6. The Morgan fingerprint density at radius 1 is 0.408 bits per heavy atom. The molecule has 4 heterocycles. The number of benzene rings is 7. The first-order valence-corrected chi connectivity index (χ1v) is 16.5. The van der Waals surface area contributed by atoms with Crippen LogP contribution in [0.3, 0.4) is 0 Å². The first-order valence-electron chi connectivity index (χ1n) is 16.5. The molecule has 0 amide bonds. The second kappa shape index (κ2) is 9.89. The zero-order valence-electron chi connectivity index (χ0n) is 26.2. The van der Waals surface area contributed by atoms with Gasteiger partial charge in [0, 0.05) is 43.6 Å². The smallest absolute Gasteiger partial charge is 0.235 e. The molecule has 5 nitrogen and oxygen atoms in total. The zero-order valence-corrected chi connectivity index (χ0v) is 26.2. The Labute approximate surface area is 279 Å². The van der Waals surface area contributed by atoms with E-state index >= 15 is 0 Å². The van der Waals surface area contributed by atoms with Gasteiger partial charge < -0.3 is 8.98 Å². The fraction of sp³-hybridized carbons (Fsp3) is 0. The Kier molecular flexibility index (Phi) is 5.32. The maximum atomic E-state index is 6.78. The predicted octanol–water partition coefficient (Wildman–Crippen LogP) is 11.4. The third-order valence-corrected chi connectivity index (χ3v) is 9.93. The van der Waals surface area contributed by atoms with Gasteiger partial charge in [0.25, 0.3) is 0 Å². The standard InChI is InChI=1S/C44H26N4O/c1-3-13-27(14-4-1)42-31-18-7-10-20-33(31)45-44(46-42)48-36-26-25-35-39(32-19-8-11-21-34(32)47(35)28-15-5-2-6-16-28)40(36)41-37(48)24-23-30-29-17-9-12-22-38(29)49-43(30)41/h1-26H. The van der Waals surface area contributed by atoms with Crippen molar-refractivity contribution in [3.05, 3.63) is 158 Å². The van der Waals surface area contributed by atoms with Crippen molar-refractivity contribution in [2.45, 2.75) is 0 Å². The molecule has 0 radical (unpaired) electrons. The van der Waals surface area contributed by atoms with Gasteiger partial charge in [-0.2, -0.15) is 0 Å². The van der Waals surface area contributed by atoms with Gasteiger partial charge in [-0.1, -0.05) is 103 Å². The number of fused-ring (bicyclic) bond motifs is 12. The highest BCUT2D eigenvalue weighted by Gasteiger charge is 2.25. The molecule has 11 aromatic rings. The van der Waals surface area contributed by atoms with Crippen LogP contribution in [-0.4, -0.2) is 19.1 Å². The van der Waals surface area contributed by atoms with Crippen LogP contribution in [0.2, 0.25) is 0 Å². The van der Waals surface area contributed by atoms with Crippen molar-refractivity contribution < 1.29 is 4.42 Å². The van der Waals surface area contributed by atoms with Crippen LogP contribution in [0.15, 0.2) is 162 Å². The normalized spacial score (nSPS) is 12.1. The molecular formula is C44H26N4O. The van der Waals surface area contributed by atoms with Gasteiger partial charge in [0.15, 0.2) is 0 Å². The molecular weight excluding hydrogens is 601 g/mol. The predicted molar refractivity (Wildman–Crippen MR) is 201 cm³/mol. The topological polar surface area (TPSA) is 48.8 Å². The monoisotopic (exact) mass is 626 g/mol. The number of hydrogen-bond donors (Lipinski definition) is 0. The molecule has 49 heavy (non-hydrogen) atoms. The molecule has 0 spiro atoms. The lowest BCUT2D eigenvalue weighted by atomic mass is 10.0. The number of rotatable bonds is 3. The summed E-state index contributed by atoms with van der Waals surface area (Å²) < 4.78 is 11.4. The second-order valence-corrected chi connectivity index (χ2v) is 12.6. The molecule has 0 aliphatic carbocycles. The summed E-state index contributed by atoms with van der Waals surface area (Å²) in [5.74, 6) is 0.624. The van der Waals surface area contributed by atoms with Gasteiger partial charge in [0.1, 0.15) is 11.2 Å². The molecule has 0 aliphatic heterocycles. The van der Waals surface area contributed by atoms with E-state index in [9.17, 15) is 0 Å². The Hall–Kier alpha value is -6.72. The maximum Gasteiger partial charge on any atom is 0.235 e. The molecule has 7 aromatic carbocycles. The van der Waals surface area contributed by atoms with E-state index in [1.165, 1.54) is 10.8 Å². The highest BCUT2D eigenvalue weighted by Crippen LogP contribution is 2.46. The average molecular weight is 627 g/mol. The summed E-state index contributed by atoms with van der Waals surface area (Å²) >= 11 is 0. The molecule has 0 unspecified atom stereocenters. The number of nitrogens with zero attached hydrogens (tertiary/aromatic N) is 4. The summed E-state index contributed by atoms with van der Waals surface area (Å²) in [5.41, 5.74) is 10.0. The van der Waals surface area contributed by atoms with E-state index in [0.717, 1.165) is 82.6 Å². The van der Waals surface area contributed by atoms with E-state index in [2.05, 4.69) is 149 Å². The number of para-hydroxylation sites is 4. The SMILES string of the molecule is c1ccc(-c2nc(-n3c4ccc5c6ccccc6oc5c4c4c5c6ccccc6n(-c6ccccc6)c5ccc43)nc3ccccc23)cc1. The number of hydrogen-bond acceptors (Lipinski definition) is 3. The summed E-state index contributed by atoms with van der Waals surface area (Å²) in [6.07, 6.45) is 0. The lowest BCUT2D eigenvalue weighted by Gasteiger charge is -2.12. The van der Waals surface area contributed by atoms with Crippen molar-refractivity contribution >= 4 is 76.5 Å². The van der Waals surface area contributed by atoms with Crippen LogP contribution in [0.5, 0.6) is 0 Å². The van der Waals surface area contributed by atoms with Gasteiger partial charge in [-0.15, -0.1) is 0 Å². The molecule has 5 heteroatoms. The van der Waals surface area contributed by atoms with Crippen LogP contribution < -0.4 is 0 Å². The van der Waals surface area contributed by atoms with Crippen LogP contribution in [0, 0.1) is 0 Å². The van der Waals surface area contributed by atoms with Crippen molar-refractivity contribution in [2.75, 3.05) is 0 Å². The maximum absolute atomic E-state index is 6.78. The molecule has 0 aliphatic rings. The van der Waals surface area contributed by atoms with E-state index in [-0.39, 0.29) is 0 Å². The molecule has 4 aromatic heterocycles. The molecule has 0 bridgehead atoms. The minimum atomic E-state index is 0.624. The van der Waals surface area contributed by atoms with Gasteiger partial charge in [-0.3, -0.25) is 4.57 Å². The van der Waals surface area contributed by atoms with Crippen LogP contribution in [0.4, 0.5) is 0 Å². The van der Waals surface area contributed by atoms with Crippen LogP contribution in [0.1, 0.15) is 0 Å². The van der Waals surface area contributed by atoms with E-state index in [1.807, 2.05) is 18.2 Å². The summed E-state index contributed by atoms with van der Waals surface area (Å²) in [6.45, 7) is 0. The Bertz CT molecular complexity index is 3100. The molecule has 0 fully saturated rings. The van der Waals surface area contributed by atoms with Gasteiger partial charge in [0.2, 0.25) is 5.95 Å². The minimum absolute atomic E-state index is 0.624.